The summed E-state index contributed by atoms with van der Waals surface area (Å²) in [5, 5.41) is 10.1. The minimum absolute atomic E-state index is 0.214. The van der Waals surface area contributed by atoms with Gasteiger partial charge in [-0.3, -0.25) is 5.21 Å². The Morgan fingerprint density at radius 2 is 2.06 bits per heavy atom. The molecule has 5 heteroatoms. The number of nitrogens with two attached hydrogens (primary N) is 1. The summed E-state index contributed by atoms with van der Waals surface area (Å²) in [4.78, 5) is 10.9. The minimum atomic E-state index is -0.812. The third-order valence-corrected chi connectivity index (χ3v) is 3.58. The zero-order valence-electron chi connectivity index (χ0n) is 10.1. The van der Waals surface area contributed by atoms with Gasteiger partial charge < -0.3 is 5.73 Å². The second-order valence-corrected chi connectivity index (χ2v) is 4.72. The van der Waals surface area contributed by atoms with Crippen LogP contribution >= 0.6 is 0 Å². The van der Waals surface area contributed by atoms with Crippen LogP contribution in [0.25, 0.3) is 0 Å². The molecule has 1 aliphatic carbocycles. The van der Waals surface area contributed by atoms with Gasteiger partial charge in [0.25, 0.3) is 0 Å². The number of amides is 2. The van der Waals surface area contributed by atoms with E-state index >= 15 is 0 Å². The van der Waals surface area contributed by atoms with Crippen LogP contribution in [0.3, 0.4) is 0 Å². The van der Waals surface area contributed by atoms with Crippen molar-refractivity contribution in [3.63, 3.8) is 0 Å². The highest BCUT2D eigenvalue weighted by atomic mass is 19.1. The van der Waals surface area contributed by atoms with E-state index in [4.69, 9.17) is 5.73 Å². The van der Waals surface area contributed by atoms with Crippen molar-refractivity contribution >= 4 is 6.03 Å². The largest absolute Gasteiger partial charge is 0.350 e. The molecule has 0 aromatic heterocycles. The fraction of sp³-hybridized carbons (Fsp3) is 0.462. The van der Waals surface area contributed by atoms with E-state index in [2.05, 4.69) is 0 Å². The van der Waals surface area contributed by atoms with Gasteiger partial charge in [0.1, 0.15) is 6.67 Å². The number of carbonyl (C=O) groups is 1. The standard InChI is InChI=1S/C13H17FN2O2/c14-8-9-1-3-10(4-2-9)11-5-6-12(7-11)16(18)13(15)17/h1-4,11-12,18H,5-8H2,(H2,15,17)/t11-,12-/m1/s1. The highest BCUT2D eigenvalue weighted by molar-refractivity contribution is 5.70. The molecule has 0 heterocycles. The van der Waals surface area contributed by atoms with E-state index in [1.54, 1.807) is 12.1 Å². The molecule has 4 nitrogen and oxygen atoms in total. The van der Waals surface area contributed by atoms with Crippen molar-refractivity contribution in [3.8, 4) is 0 Å². The second kappa shape index (κ2) is 5.35. The summed E-state index contributed by atoms with van der Waals surface area (Å²) < 4.78 is 12.4. The molecule has 0 radical (unpaired) electrons. The van der Waals surface area contributed by atoms with Gasteiger partial charge in [-0.05, 0) is 36.3 Å². The summed E-state index contributed by atoms with van der Waals surface area (Å²) in [5.74, 6) is 0.290. The third kappa shape index (κ3) is 2.61. The van der Waals surface area contributed by atoms with Gasteiger partial charge in [-0.25, -0.2) is 14.2 Å². The minimum Gasteiger partial charge on any atom is -0.350 e. The van der Waals surface area contributed by atoms with Crippen LogP contribution in [0.1, 0.15) is 36.3 Å². The smallest absolute Gasteiger partial charge is 0.338 e. The number of hydroxylamine groups is 2. The number of carbonyl (C=O) groups excluding carboxylic acids is 1. The monoisotopic (exact) mass is 252 g/mol. The van der Waals surface area contributed by atoms with Crippen LogP contribution in [-0.4, -0.2) is 22.3 Å². The average molecular weight is 252 g/mol. The van der Waals surface area contributed by atoms with Gasteiger partial charge in [-0.15, -0.1) is 0 Å². The molecular weight excluding hydrogens is 235 g/mol. The summed E-state index contributed by atoms with van der Waals surface area (Å²) in [6, 6.07) is 6.34. The van der Waals surface area contributed by atoms with E-state index in [-0.39, 0.29) is 12.0 Å². The van der Waals surface area contributed by atoms with Crippen molar-refractivity contribution in [1.82, 2.24) is 5.06 Å². The highest BCUT2D eigenvalue weighted by Crippen LogP contribution is 2.36. The van der Waals surface area contributed by atoms with Crippen LogP contribution in [0.15, 0.2) is 24.3 Å². The van der Waals surface area contributed by atoms with Gasteiger partial charge in [0.15, 0.2) is 0 Å². The van der Waals surface area contributed by atoms with E-state index in [1.165, 1.54) is 0 Å². The number of rotatable bonds is 3. The van der Waals surface area contributed by atoms with E-state index in [1.807, 2.05) is 12.1 Å². The van der Waals surface area contributed by atoms with Crippen LogP contribution in [0.5, 0.6) is 0 Å². The molecular formula is C13H17FN2O2. The molecule has 0 unspecified atom stereocenters. The summed E-state index contributed by atoms with van der Waals surface area (Å²) in [5.41, 5.74) is 6.81. The Labute approximate surface area is 105 Å². The van der Waals surface area contributed by atoms with Gasteiger partial charge in [0, 0.05) is 0 Å². The maximum absolute atomic E-state index is 12.4. The molecule has 0 bridgehead atoms. The lowest BCUT2D eigenvalue weighted by atomic mass is 9.96. The number of urea groups is 1. The molecule has 1 saturated carbocycles. The molecule has 2 atom stereocenters. The fourth-order valence-corrected chi connectivity index (χ4v) is 2.54. The summed E-state index contributed by atoms with van der Waals surface area (Å²) >= 11 is 0. The summed E-state index contributed by atoms with van der Waals surface area (Å²) in [6.45, 7) is -0.459. The molecule has 3 N–H and O–H groups in total. The van der Waals surface area contributed by atoms with Gasteiger partial charge in [-0.2, -0.15) is 0 Å². The Kier molecular flexibility index (Phi) is 3.81. The van der Waals surface area contributed by atoms with Gasteiger partial charge >= 0.3 is 6.03 Å². The molecule has 0 saturated heterocycles. The Hall–Kier alpha value is -1.62. The lowest BCUT2D eigenvalue weighted by Crippen LogP contribution is -2.39. The van der Waals surface area contributed by atoms with E-state index < -0.39 is 12.7 Å². The van der Waals surface area contributed by atoms with Crippen molar-refractivity contribution < 1.29 is 14.4 Å². The van der Waals surface area contributed by atoms with Gasteiger partial charge in [0.05, 0.1) is 6.04 Å². The SMILES string of the molecule is NC(=O)N(O)[C@@H]1CC[C@@H](c2ccc(CF)cc2)C1. The van der Waals surface area contributed by atoms with E-state index in [0.717, 1.165) is 18.4 Å². The number of benzene rings is 1. The quantitative estimate of drug-likeness (QED) is 0.641. The number of primary amides is 1. The summed E-state index contributed by atoms with van der Waals surface area (Å²) in [7, 11) is 0. The Bertz CT molecular complexity index is 422. The van der Waals surface area contributed by atoms with Crippen molar-refractivity contribution in [2.24, 2.45) is 5.73 Å². The van der Waals surface area contributed by atoms with Crippen LogP contribution in [-0.2, 0) is 6.67 Å². The topological polar surface area (TPSA) is 66.6 Å². The average Bonchev–Trinajstić information content (AvgIpc) is 2.87. The molecule has 0 spiro atoms. The van der Waals surface area contributed by atoms with Crippen LogP contribution in [0.2, 0.25) is 0 Å². The van der Waals surface area contributed by atoms with Gasteiger partial charge in [-0.1, -0.05) is 24.3 Å². The third-order valence-electron chi connectivity index (χ3n) is 3.58. The zero-order chi connectivity index (χ0) is 13.1. The number of alkyl halides is 1. The predicted molar refractivity (Wildman–Crippen MR) is 64.8 cm³/mol. The summed E-state index contributed by atoms with van der Waals surface area (Å²) in [6.07, 6.45) is 2.31. The fourth-order valence-electron chi connectivity index (χ4n) is 2.54. The van der Waals surface area contributed by atoms with Crippen LogP contribution in [0.4, 0.5) is 9.18 Å². The first kappa shape index (κ1) is 12.8. The molecule has 0 aliphatic heterocycles. The number of hydrogen-bond acceptors (Lipinski definition) is 2. The van der Waals surface area contributed by atoms with Gasteiger partial charge in [0.2, 0.25) is 0 Å². The second-order valence-electron chi connectivity index (χ2n) is 4.72. The Balaban J connectivity index is 2.01. The molecule has 2 amide bonds. The van der Waals surface area contributed by atoms with Crippen LogP contribution in [0, 0.1) is 0 Å². The molecule has 18 heavy (non-hydrogen) atoms. The van der Waals surface area contributed by atoms with Crippen molar-refractivity contribution in [2.75, 3.05) is 0 Å². The lowest BCUT2D eigenvalue weighted by Gasteiger charge is -2.20. The maximum atomic E-state index is 12.4. The molecule has 98 valence electrons. The van der Waals surface area contributed by atoms with Crippen LogP contribution < -0.4 is 5.73 Å². The maximum Gasteiger partial charge on any atom is 0.338 e. The number of halogens is 1. The molecule has 1 aromatic carbocycles. The molecule has 1 aliphatic rings. The molecule has 1 aromatic rings. The van der Waals surface area contributed by atoms with Crippen molar-refractivity contribution in [2.45, 2.75) is 37.9 Å². The normalized spacial score (nSPS) is 23.0. The Morgan fingerprint density at radius 1 is 1.39 bits per heavy atom. The van der Waals surface area contributed by atoms with Crippen molar-refractivity contribution in [1.29, 1.82) is 0 Å². The first-order valence-electron chi connectivity index (χ1n) is 6.04. The first-order chi connectivity index (χ1) is 8.61. The molecule has 1 fully saturated rings. The number of nitrogens with zero attached hydrogens (tertiary/aromatic N) is 1. The number of hydrogen-bond donors (Lipinski definition) is 2. The van der Waals surface area contributed by atoms with Crippen molar-refractivity contribution in [3.05, 3.63) is 35.4 Å². The first-order valence-corrected chi connectivity index (χ1v) is 6.04. The predicted octanol–water partition coefficient (Wildman–Crippen LogP) is 2.56. The zero-order valence-corrected chi connectivity index (χ0v) is 10.1. The Morgan fingerprint density at radius 3 is 2.61 bits per heavy atom. The lowest BCUT2D eigenvalue weighted by molar-refractivity contribution is -0.0730. The molecule has 2 rings (SSSR count). The van der Waals surface area contributed by atoms with E-state index in [0.29, 0.717) is 17.0 Å². The highest BCUT2D eigenvalue weighted by Gasteiger charge is 2.31. The van der Waals surface area contributed by atoms with E-state index in [9.17, 15) is 14.4 Å².